The average Bonchev–Trinajstić information content (AvgIpc) is 2.74. The minimum atomic E-state index is -4.60. The number of nitrogens with two attached hydrogens (primary N) is 1. The molecule has 3 N–H and O–H groups in total. The van der Waals surface area contributed by atoms with Crippen molar-refractivity contribution >= 4 is 14.8 Å². The first kappa shape index (κ1) is 24.0. The average molecular weight is 441 g/mol. The summed E-state index contributed by atoms with van der Waals surface area (Å²) in [6.45, 7) is -0.650. The molecule has 0 spiro atoms. The summed E-state index contributed by atoms with van der Waals surface area (Å²) in [6.07, 6.45) is -0.661. The van der Waals surface area contributed by atoms with E-state index in [0.717, 1.165) is 11.6 Å². The van der Waals surface area contributed by atoms with Crippen molar-refractivity contribution in [3.05, 3.63) is 71.3 Å². The van der Waals surface area contributed by atoms with E-state index in [9.17, 15) is 22.8 Å². The summed E-state index contributed by atoms with van der Waals surface area (Å²) < 4.78 is 60.9. The third-order valence-corrected chi connectivity index (χ3v) is 4.54. The second-order valence-electron chi connectivity index (χ2n) is 6.76. The summed E-state index contributed by atoms with van der Waals surface area (Å²) in [7, 11) is -0.608. The van der Waals surface area contributed by atoms with Gasteiger partial charge in [0.25, 0.3) is 0 Å². The first-order chi connectivity index (χ1) is 14.3. The van der Waals surface area contributed by atoms with Crippen LogP contribution in [0.5, 0.6) is 5.75 Å². The molecule has 162 valence electrons. The van der Waals surface area contributed by atoms with Gasteiger partial charge in [-0.25, -0.2) is 4.57 Å². The molecule has 30 heavy (non-hydrogen) atoms. The summed E-state index contributed by atoms with van der Waals surface area (Å²) in [5, 5.41) is 9.36. The van der Waals surface area contributed by atoms with Gasteiger partial charge in [-0.05, 0) is 36.1 Å². The molecule has 0 bridgehead atoms. The van der Waals surface area contributed by atoms with Crippen molar-refractivity contribution in [2.75, 3.05) is 19.8 Å². The number of alkyl halides is 3. The fraction of sp³-hybridized carbons (Fsp3) is 0.333. The van der Waals surface area contributed by atoms with E-state index in [0.29, 0.717) is 12.8 Å². The van der Waals surface area contributed by atoms with Gasteiger partial charge in [-0.1, -0.05) is 48.6 Å². The number of aliphatic hydroxyl groups is 1. The topological polar surface area (TPSA) is 81.8 Å². The lowest BCUT2D eigenvalue weighted by Crippen LogP contribution is -2.45. The van der Waals surface area contributed by atoms with Crippen LogP contribution in [0.25, 0.3) is 6.08 Å². The van der Waals surface area contributed by atoms with Crippen molar-refractivity contribution in [2.24, 2.45) is 5.73 Å². The van der Waals surface area contributed by atoms with Crippen LogP contribution in [0, 0.1) is 0 Å². The van der Waals surface area contributed by atoms with Crippen LogP contribution >= 0.6 is 8.69 Å². The maximum Gasteiger partial charge on any atom is 0.419 e. The molecule has 2 aromatic carbocycles. The van der Waals surface area contributed by atoms with Crippen molar-refractivity contribution in [1.29, 1.82) is 0 Å². The number of hydrogen-bond donors (Lipinski definition) is 2. The predicted octanol–water partition coefficient (Wildman–Crippen LogP) is 4.64. The fourth-order valence-electron chi connectivity index (χ4n) is 2.66. The van der Waals surface area contributed by atoms with E-state index in [-0.39, 0.29) is 24.5 Å². The maximum absolute atomic E-state index is 13.5. The van der Waals surface area contributed by atoms with Crippen LogP contribution in [-0.2, 0) is 21.7 Å². The normalized spacial score (nSPS) is 14.2. The lowest BCUT2D eigenvalue weighted by molar-refractivity contribution is -0.139. The van der Waals surface area contributed by atoms with E-state index in [1.54, 1.807) is 0 Å². The Labute approximate surface area is 174 Å². The molecular weight excluding hydrogens is 418 g/mol. The quantitative estimate of drug-likeness (QED) is 0.392. The standard InChI is InChI=1S/C21H23F3NO4P/c22-21(23,24)18-13-17(10-11-20(25,14-26)15-29-30-27)8-9-19(18)28-12-4-7-16-5-2-1-3-6-16/h1-3,5-6,8-11,13,26H,4,7,12,14-15,25H2/b11-10+. The van der Waals surface area contributed by atoms with Crippen LogP contribution in [0.1, 0.15) is 23.1 Å². The molecule has 2 aromatic rings. The van der Waals surface area contributed by atoms with Gasteiger partial charge in [0, 0.05) is 0 Å². The molecule has 0 aromatic heterocycles. The first-order valence-corrected chi connectivity index (χ1v) is 9.92. The lowest BCUT2D eigenvalue weighted by atomic mass is 10.0. The monoisotopic (exact) mass is 441 g/mol. The van der Waals surface area contributed by atoms with Gasteiger partial charge in [-0.3, -0.25) is 4.52 Å². The van der Waals surface area contributed by atoms with Gasteiger partial charge < -0.3 is 15.6 Å². The van der Waals surface area contributed by atoms with Gasteiger partial charge in [0.2, 0.25) is 0 Å². The maximum atomic E-state index is 13.5. The summed E-state index contributed by atoms with van der Waals surface area (Å²) in [5.74, 6) is -0.248. The Morgan fingerprint density at radius 1 is 1.13 bits per heavy atom. The van der Waals surface area contributed by atoms with Crippen LogP contribution in [0.15, 0.2) is 54.6 Å². The van der Waals surface area contributed by atoms with E-state index >= 15 is 0 Å². The zero-order chi connectivity index (χ0) is 22.0. The molecule has 5 nitrogen and oxygen atoms in total. The zero-order valence-electron chi connectivity index (χ0n) is 16.1. The van der Waals surface area contributed by atoms with Crippen molar-refractivity contribution in [2.45, 2.75) is 24.6 Å². The van der Waals surface area contributed by atoms with Crippen LogP contribution in [0.4, 0.5) is 13.2 Å². The highest BCUT2D eigenvalue weighted by Gasteiger charge is 2.34. The molecule has 1 unspecified atom stereocenters. The molecule has 0 saturated heterocycles. The third kappa shape index (κ3) is 7.54. The predicted molar refractivity (Wildman–Crippen MR) is 108 cm³/mol. The first-order valence-electron chi connectivity index (χ1n) is 9.19. The molecule has 0 saturated carbocycles. The lowest BCUT2D eigenvalue weighted by Gasteiger charge is -2.21. The number of ether oxygens (including phenoxy) is 1. The second kappa shape index (κ2) is 11.2. The zero-order valence-corrected chi connectivity index (χ0v) is 17.0. The number of benzene rings is 2. The van der Waals surface area contributed by atoms with Gasteiger partial charge in [-0.15, -0.1) is 0 Å². The number of rotatable bonds is 11. The molecule has 0 amide bonds. The molecule has 1 atom stereocenters. The second-order valence-corrected chi connectivity index (χ2v) is 7.17. The Morgan fingerprint density at radius 3 is 2.50 bits per heavy atom. The number of halogens is 3. The SMILES string of the molecule is NC(/C=C/c1ccc(OCCCc2ccccc2)c(C(F)(F)F)c1)(CO)COP=O. The number of aliphatic hydroxyl groups excluding tert-OH is 1. The largest absolute Gasteiger partial charge is 0.493 e. The van der Waals surface area contributed by atoms with Crippen molar-refractivity contribution in [1.82, 2.24) is 0 Å². The molecule has 0 fully saturated rings. The van der Waals surface area contributed by atoms with Crippen LogP contribution in [-0.4, -0.2) is 30.5 Å². The molecule has 0 aliphatic heterocycles. The van der Waals surface area contributed by atoms with E-state index < -0.39 is 32.6 Å². The molecule has 0 aliphatic rings. The highest BCUT2D eigenvalue weighted by atomic mass is 31.1. The van der Waals surface area contributed by atoms with E-state index in [1.807, 2.05) is 30.3 Å². The third-order valence-electron chi connectivity index (χ3n) is 4.31. The summed E-state index contributed by atoms with van der Waals surface area (Å²) in [4.78, 5) is 0. The Kier molecular flexibility index (Phi) is 8.99. The van der Waals surface area contributed by atoms with Gasteiger partial charge >= 0.3 is 14.9 Å². The minimum Gasteiger partial charge on any atom is -0.493 e. The Morgan fingerprint density at radius 2 is 1.87 bits per heavy atom. The molecule has 9 heteroatoms. The van der Waals surface area contributed by atoms with Crippen molar-refractivity contribution in [3.8, 4) is 5.75 Å². The minimum absolute atomic E-state index is 0.148. The summed E-state index contributed by atoms with van der Waals surface area (Å²) >= 11 is 0. The van der Waals surface area contributed by atoms with E-state index in [4.69, 9.17) is 10.5 Å². The molecule has 0 aliphatic carbocycles. The highest BCUT2D eigenvalue weighted by Crippen LogP contribution is 2.37. The van der Waals surface area contributed by atoms with Crippen LogP contribution in [0.3, 0.4) is 0 Å². The van der Waals surface area contributed by atoms with Gasteiger partial charge in [-0.2, -0.15) is 13.2 Å². The van der Waals surface area contributed by atoms with Gasteiger partial charge in [0.1, 0.15) is 5.75 Å². The molecule has 0 radical (unpaired) electrons. The molecular formula is C21H23F3NO4P. The van der Waals surface area contributed by atoms with Gasteiger partial charge in [0.15, 0.2) is 0 Å². The van der Waals surface area contributed by atoms with Crippen LogP contribution < -0.4 is 10.5 Å². The number of aryl methyl sites for hydroxylation is 1. The Bertz CT molecular complexity index is 846. The Hall–Kier alpha value is -2.25. The smallest absolute Gasteiger partial charge is 0.419 e. The van der Waals surface area contributed by atoms with Crippen molar-refractivity contribution < 1.29 is 32.1 Å². The number of hydrogen-bond acceptors (Lipinski definition) is 5. The molecule has 2 rings (SSSR count). The van der Waals surface area contributed by atoms with Crippen LogP contribution in [0.2, 0.25) is 0 Å². The van der Waals surface area contributed by atoms with Gasteiger partial charge in [0.05, 0.1) is 30.9 Å². The fourth-order valence-corrected chi connectivity index (χ4v) is 2.95. The molecule has 0 heterocycles. The van der Waals surface area contributed by atoms with E-state index in [2.05, 4.69) is 4.52 Å². The Balaban J connectivity index is 2.09. The highest BCUT2D eigenvalue weighted by molar-refractivity contribution is 7.17. The van der Waals surface area contributed by atoms with E-state index in [1.165, 1.54) is 24.3 Å². The summed E-state index contributed by atoms with van der Waals surface area (Å²) in [6, 6.07) is 13.3. The summed E-state index contributed by atoms with van der Waals surface area (Å²) in [5.41, 5.74) is 4.91. The van der Waals surface area contributed by atoms with Crippen molar-refractivity contribution in [3.63, 3.8) is 0 Å².